The van der Waals surface area contributed by atoms with E-state index in [2.05, 4.69) is 10.3 Å². The first-order chi connectivity index (χ1) is 23.2. The number of piperidine rings is 1. The van der Waals surface area contributed by atoms with Gasteiger partial charge >= 0.3 is 6.09 Å². The van der Waals surface area contributed by atoms with Crippen LogP contribution < -0.4 is 15.0 Å². The number of methoxy groups -OCH3 is 1. The number of fused-ring (bicyclic) bond motifs is 1. The summed E-state index contributed by atoms with van der Waals surface area (Å²) in [7, 11) is -2.63. The molecule has 6 rings (SSSR count). The minimum absolute atomic E-state index is 0.0783. The Bertz CT molecular complexity index is 2120. The zero-order valence-corrected chi connectivity index (χ0v) is 28.6. The minimum Gasteiger partial charge on any atom is -0.481 e. The molecule has 0 atom stereocenters. The summed E-state index contributed by atoms with van der Waals surface area (Å²) in [5.41, 5.74) is 1.34. The van der Waals surface area contributed by atoms with Gasteiger partial charge in [-0.25, -0.2) is 30.9 Å². The van der Waals surface area contributed by atoms with Gasteiger partial charge in [-0.1, -0.05) is 29.8 Å². The molecule has 0 unspecified atom stereocenters. The van der Waals surface area contributed by atoms with Crippen molar-refractivity contribution in [2.24, 2.45) is 0 Å². The maximum absolute atomic E-state index is 14.9. The summed E-state index contributed by atoms with van der Waals surface area (Å²) in [6, 6.07) is 16.2. The number of carbonyl (C=O) groups is 1. The van der Waals surface area contributed by atoms with Gasteiger partial charge in [-0.05, 0) is 82.5 Å². The monoisotopic (exact) mass is 689 g/mol. The van der Waals surface area contributed by atoms with Gasteiger partial charge in [-0.15, -0.1) is 0 Å². The number of ether oxygens (including phenoxy) is 2. The normalized spacial score (nSPS) is 14.2. The lowest BCUT2D eigenvalue weighted by molar-refractivity contribution is 0.0497. The van der Waals surface area contributed by atoms with E-state index < -0.39 is 33.4 Å². The Morgan fingerprint density at radius 1 is 0.959 bits per heavy atom. The van der Waals surface area contributed by atoms with E-state index in [1.54, 1.807) is 45.0 Å². The van der Waals surface area contributed by atoms with Crippen LogP contribution in [0.2, 0.25) is 0 Å². The van der Waals surface area contributed by atoms with E-state index in [9.17, 15) is 22.0 Å². The number of carbonyl (C=O) groups excluding carboxylic acids is 1. The Morgan fingerprint density at radius 2 is 1.63 bits per heavy atom. The van der Waals surface area contributed by atoms with Crippen LogP contribution >= 0.6 is 0 Å². The molecule has 256 valence electrons. The zero-order valence-electron chi connectivity index (χ0n) is 27.8. The molecule has 1 aliphatic rings. The van der Waals surface area contributed by atoms with Crippen LogP contribution in [0.1, 0.15) is 39.2 Å². The summed E-state index contributed by atoms with van der Waals surface area (Å²) in [5.74, 6) is -0.900. The predicted molar refractivity (Wildman–Crippen MR) is 183 cm³/mol. The van der Waals surface area contributed by atoms with E-state index in [0.29, 0.717) is 54.0 Å². The molecule has 3 heterocycles. The van der Waals surface area contributed by atoms with Crippen molar-refractivity contribution < 1.29 is 31.5 Å². The highest BCUT2D eigenvalue weighted by Crippen LogP contribution is 2.38. The fourth-order valence-corrected chi connectivity index (χ4v) is 7.22. The molecule has 10 nitrogen and oxygen atoms in total. The highest BCUT2D eigenvalue weighted by atomic mass is 32.2. The number of hydrogen-bond donors (Lipinski definition) is 1. The lowest BCUT2D eigenvalue weighted by atomic mass is 10.0. The molecule has 1 fully saturated rings. The van der Waals surface area contributed by atoms with Gasteiger partial charge in [0.1, 0.15) is 17.2 Å². The third-order valence-corrected chi connectivity index (χ3v) is 9.96. The van der Waals surface area contributed by atoms with Crippen molar-refractivity contribution in [3.05, 3.63) is 90.1 Å². The van der Waals surface area contributed by atoms with Crippen LogP contribution in [-0.4, -0.2) is 60.3 Å². The second kappa shape index (κ2) is 13.1. The number of hydrogen-bond acceptors (Lipinski definition) is 8. The van der Waals surface area contributed by atoms with Crippen LogP contribution in [0.15, 0.2) is 77.8 Å². The summed E-state index contributed by atoms with van der Waals surface area (Å²) in [6.07, 6.45) is 2.21. The van der Waals surface area contributed by atoms with Gasteiger partial charge in [-0.3, -0.25) is 0 Å². The molecule has 0 aliphatic carbocycles. The molecule has 13 heteroatoms. The molecule has 3 aromatic carbocycles. The molecular formula is C36H37F2N5O5S. The smallest absolute Gasteiger partial charge is 0.407 e. The SMILES string of the molecule is COc1cc(-c2cn(S(=O)(=O)c3ccc(C)cc3)c3ccc(-c4c(F)cccc4F)cc23)nc(N2CCC(NC(=O)OC(C)(C)C)CC2)n1. The van der Waals surface area contributed by atoms with Gasteiger partial charge in [0.05, 0.1) is 28.8 Å². The summed E-state index contributed by atoms with van der Waals surface area (Å²) < 4.78 is 70.0. The van der Waals surface area contributed by atoms with Gasteiger partial charge in [0.25, 0.3) is 10.0 Å². The molecule has 1 N–H and O–H groups in total. The number of aryl methyl sites for hydroxylation is 1. The Hall–Kier alpha value is -5.04. The minimum atomic E-state index is -4.10. The number of halogens is 2. The van der Waals surface area contributed by atoms with Gasteiger partial charge in [-0.2, -0.15) is 4.98 Å². The number of anilines is 1. The molecule has 49 heavy (non-hydrogen) atoms. The number of alkyl carbamates (subject to hydrolysis) is 1. The Kier molecular flexibility index (Phi) is 9.05. The molecule has 1 saturated heterocycles. The predicted octanol–water partition coefficient (Wildman–Crippen LogP) is 7.09. The zero-order chi connectivity index (χ0) is 35.1. The van der Waals surface area contributed by atoms with Crippen molar-refractivity contribution in [1.82, 2.24) is 19.3 Å². The molecule has 0 saturated carbocycles. The maximum atomic E-state index is 14.9. The van der Waals surface area contributed by atoms with Crippen LogP contribution in [-0.2, 0) is 14.8 Å². The van der Waals surface area contributed by atoms with Crippen LogP contribution in [0.25, 0.3) is 33.3 Å². The summed E-state index contributed by atoms with van der Waals surface area (Å²) in [4.78, 5) is 23.8. The Balaban J connectivity index is 1.43. The number of amides is 1. The van der Waals surface area contributed by atoms with Gasteiger partial charge < -0.3 is 19.7 Å². The molecular weight excluding hydrogens is 652 g/mol. The third kappa shape index (κ3) is 7.07. The highest BCUT2D eigenvalue weighted by Gasteiger charge is 2.28. The lowest BCUT2D eigenvalue weighted by Gasteiger charge is -2.33. The highest BCUT2D eigenvalue weighted by molar-refractivity contribution is 7.90. The molecule has 1 amide bonds. The summed E-state index contributed by atoms with van der Waals surface area (Å²) in [5, 5.41) is 3.33. The van der Waals surface area contributed by atoms with Gasteiger partial charge in [0, 0.05) is 42.3 Å². The van der Waals surface area contributed by atoms with Crippen LogP contribution in [0.3, 0.4) is 0 Å². The second-order valence-corrected chi connectivity index (χ2v) is 14.8. The first kappa shape index (κ1) is 33.8. The molecule has 0 radical (unpaired) electrons. The standard InChI is InChI=1S/C36H37F2N5O5S/c1-22-9-12-25(13-10-22)49(45,46)43-21-27(26-19-23(11-14-31(26)43)33-28(37)7-6-8-29(33)38)30-20-32(47-5)41-34(40-30)42-17-15-24(16-18-42)39-35(44)48-36(2,3)4/h6-14,19-21,24H,15-18H2,1-5H3,(H,39,44). The van der Waals surface area contributed by atoms with Crippen molar-refractivity contribution >= 4 is 33.0 Å². The molecule has 5 aromatic rings. The van der Waals surface area contributed by atoms with Crippen molar-refractivity contribution in [3.8, 4) is 28.3 Å². The number of nitrogens with zero attached hydrogens (tertiary/aromatic N) is 4. The molecule has 0 spiro atoms. The van der Waals surface area contributed by atoms with E-state index in [0.717, 1.165) is 9.54 Å². The average molecular weight is 690 g/mol. The average Bonchev–Trinajstić information content (AvgIpc) is 3.44. The van der Waals surface area contributed by atoms with Crippen molar-refractivity contribution in [1.29, 1.82) is 0 Å². The lowest BCUT2D eigenvalue weighted by Crippen LogP contribution is -2.46. The van der Waals surface area contributed by atoms with Crippen LogP contribution in [0.4, 0.5) is 19.5 Å². The van der Waals surface area contributed by atoms with Crippen molar-refractivity contribution in [2.45, 2.75) is 57.1 Å². The van der Waals surface area contributed by atoms with Crippen molar-refractivity contribution in [3.63, 3.8) is 0 Å². The Labute approximate surface area is 283 Å². The van der Waals surface area contributed by atoms with E-state index in [-0.39, 0.29) is 27.9 Å². The van der Waals surface area contributed by atoms with Crippen LogP contribution in [0, 0.1) is 18.6 Å². The fourth-order valence-electron chi connectivity index (χ4n) is 5.85. The van der Waals surface area contributed by atoms with Gasteiger partial charge in [0.2, 0.25) is 11.8 Å². The number of nitrogens with one attached hydrogen (secondary N) is 1. The quantitative estimate of drug-likeness (QED) is 0.193. The van der Waals surface area contributed by atoms with E-state index in [1.807, 2.05) is 11.8 Å². The molecule has 1 aliphatic heterocycles. The third-order valence-electron chi connectivity index (χ3n) is 8.27. The van der Waals surface area contributed by atoms with E-state index >= 15 is 0 Å². The van der Waals surface area contributed by atoms with Crippen molar-refractivity contribution in [2.75, 3.05) is 25.1 Å². The number of aromatic nitrogens is 3. The first-order valence-electron chi connectivity index (χ1n) is 15.8. The maximum Gasteiger partial charge on any atom is 0.407 e. The summed E-state index contributed by atoms with van der Waals surface area (Å²) >= 11 is 0. The van der Waals surface area contributed by atoms with E-state index in [4.69, 9.17) is 14.5 Å². The fraction of sp³-hybridized carbons (Fsp3) is 0.306. The molecule has 2 aromatic heterocycles. The first-order valence-corrected chi connectivity index (χ1v) is 17.3. The number of benzene rings is 3. The second-order valence-electron chi connectivity index (χ2n) is 13.0. The Morgan fingerprint density at radius 3 is 2.27 bits per heavy atom. The topological polar surface area (TPSA) is 116 Å². The van der Waals surface area contributed by atoms with Gasteiger partial charge in [0.15, 0.2) is 0 Å². The largest absolute Gasteiger partial charge is 0.481 e. The van der Waals surface area contributed by atoms with E-state index in [1.165, 1.54) is 55.8 Å². The molecule has 0 bridgehead atoms. The van der Waals surface area contributed by atoms with Crippen LogP contribution in [0.5, 0.6) is 5.88 Å². The number of rotatable bonds is 7. The summed E-state index contributed by atoms with van der Waals surface area (Å²) in [6.45, 7) is 8.33.